The topological polar surface area (TPSA) is 87.3 Å². The maximum Gasteiger partial charge on any atom is 0.256 e. The van der Waals surface area contributed by atoms with E-state index < -0.39 is 0 Å². The van der Waals surface area contributed by atoms with Gasteiger partial charge in [-0.2, -0.15) is 0 Å². The zero-order chi connectivity index (χ0) is 24.6. The van der Waals surface area contributed by atoms with Crippen LogP contribution in [0.3, 0.4) is 0 Å². The Labute approximate surface area is 206 Å². The summed E-state index contributed by atoms with van der Waals surface area (Å²) in [6.07, 6.45) is 6.20. The highest BCUT2D eigenvalue weighted by atomic mass is 32.2. The molecule has 1 aliphatic rings. The lowest BCUT2D eigenvalue weighted by Crippen LogP contribution is -2.40. The third-order valence-electron chi connectivity index (χ3n) is 5.70. The Morgan fingerprint density at radius 2 is 1.59 bits per heavy atom. The summed E-state index contributed by atoms with van der Waals surface area (Å²) in [5, 5.41) is 8.85. The van der Waals surface area contributed by atoms with E-state index in [0.717, 1.165) is 11.4 Å². The first-order valence-corrected chi connectivity index (χ1v) is 12.9. The van der Waals surface area contributed by atoms with E-state index >= 15 is 0 Å². The molecule has 3 rings (SSSR count). The molecule has 0 atom stereocenters. The van der Waals surface area contributed by atoms with Crippen molar-refractivity contribution in [3.05, 3.63) is 59.7 Å². The Morgan fingerprint density at radius 1 is 0.912 bits per heavy atom. The van der Waals surface area contributed by atoms with Crippen LogP contribution >= 0.6 is 11.8 Å². The van der Waals surface area contributed by atoms with Crippen LogP contribution in [-0.4, -0.2) is 35.6 Å². The molecule has 6 nitrogen and oxygen atoms in total. The van der Waals surface area contributed by atoms with Gasteiger partial charge in [-0.1, -0.05) is 31.4 Å². The van der Waals surface area contributed by atoms with Gasteiger partial charge in [0.15, 0.2) is 0 Å². The number of thioether (sulfide) groups is 1. The van der Waals surface area contributed by atoms with Gasteiger partial charge in [0.25, 0.3) is 11.8 Å². The average Bonchev–Trinajstić information content (AvgIpc) is 2.81. The Morgan fingerprint density at radius 3 is 2.26 bits per heavy atom. The fourth-order valence-electron chi connectivity index (χ4n) is 3.94. The van der Waals surface area contributed by atoms with Gasteiger partial charge < -0.3 is 16.0 Å². The lowest BCUT2D eigenvalue weighted by Gasteiger charge is -2.21. The monoisotopic (exact) mass is 481 g/mol. The summed E-state index contributed by atoms with van der Waals surface area (Å²) < 4.78 is 0. The standard InChI is InChI=1S/C27H35N3O3S/c1-27(2,3)30-25(32)20-13-15-21(16-14-20)29-26(33)22-11-7-8-12-23(22)34-18-24(31)28-17-19-9-5-4-6-10-19/h7-8,11-16,19H,4-6,9-10,17-18H2,1-3H3,(H,28,31)(H,29,33)(H,30,32). The van der Waals surface area contributed by atoms with E-state index in [1.54, 1.807) is 30.3 Å². The first-order valence-electron chi connectivity index (χ1n) is 11.9. The zero-order valence-electron chi connectivity index (χ0n) is 20.3. The second-order valence-corrected chi connectivity index (χ2v) is 10.8. The van der Waals surface area contributed by atoms with Crippen LogP contribution in [0.2, 0.25) is 0 Å². The van der Waals surface area contributed by atoms with Crippen LogP contribution in [0.5, 0.6) is 0 Å². The molecule has 7 heteroatoms. The van der Waals surface area contributed by atoms with Crippen molar-refractivity contribution >= 4 is 35.2 Å². The molecule has 0 radical (unpaired) electrons. The first-order chi connectivity index (χ1) is 16.2. The highest BCUT2D eigenvalue weighted by Gasteiger charge is 2.17. The summed E-state index contributed by atoms with van der Waals surface area (Å²) in [4.78, 5) is 38.3. The summed E-state index contributed by atoms with van der Waals surface area (Å²) in [5.41, 5.74) is 1.32. The molecule has 3 N–H and O–H groups in total. The molecular weight excluding hydrogens is 446 g/mol. The van der Waals surface area contributed by atoms with E-state index in [4.69, 9.17) is 0 Å². The van der Waals surface area contributed by atoms with E-state index in [1.165, 1.54) is 43.9 Å². The van der Waals surface area contributed by atoms with Crippen molar-refractivity contribution in [2.24, 2.45) is 5.92 Å². The molecule has 0 saturated heterocycles. The molecule has 0 aliphatic heterocycles. The van der Waals surface area contributed by atoms with Crippen molar-refractivity contribution < 1.29 is 14.4 Å². The molecule has 2 aromatic rings. The number of nitrogens with one attached hydrogen (secondary N) is 3. The minimum atomic E-state index is -0.321. The lowest BCUT2D eigenvalue weighted by atomic mass is 9.89. The molecule has 0 aromatic heterocycles. The minimum Gasteiger partial charge on any atom is -0.355 e. The van der Waals surface area contributed by atoms with Gasteiger partial charge in [0.2, 0.25) is 5.91 Å². The van der Waals surface area contributed by atoms with Crippen LogP contribution < -0.4 is 16.0 Å². The second-order valence-electron chi connectivity index (χ2n) is 9.83. The Balaban J connectivity index is 1.54. The normalized spacial score (nSPS) is 14.3. The summed E-state index contributed by atoms with van der Waals surface area (Å²) in [7, 11) is 0. The van der Waals surface area contributed by atoms with Crippen molar-refractivity contribution in [1.82, 2.24) is 10.6 Å². The van der Waals surface area contributed by atoms with E-state index in [2.05, 4.69) is 16.0 Å². The van der Waals surface area contributed by atoms with E-state index in [-0.39, 0.29) is 29.0 Å². The minimum absolute atomic E-state index is 0.00472. The number of benzene rings is 2. The first kappa shape index (κ1) is 25.8. The van der Waals surface area contributed by atoms with E-state index in [1.807, 2.05) is 39.0 Å². The number of carbonyl (C=O) groups excluding carboxylic acids is 3. The Bertz CT molecular complexity index is 993. The summed E-state index contributed by atoms with van der Waals surface area (Å²) in [6.45, 7) is 6.52. The van der Waals surface area contributed by atoms with Crippen molar-refractivity contribution in [3.8, 4) is 0 Å². The van der Waals surface area contributed by atoms with Gasteiger partial charge in [0, 0.05) is 28.2 Å². The van der Waals surface area contributed by atoms with Gasteiger partial charge in [0.1, 0.15) is 0 Å². The number of amides is 3. The number of anilines is 1. The summed E-state index contributed by atoms with van der Waals surface area (Å²) in [5.74, 6) is 0.447. The second kappa shape index (κ2) is 12.1. The van der Waals surface area contributed by atoms with Crippen molar-refractivity contribution in [3.63, 3.8) is 0 Å². The molecule has 1 saturated carbocycles. The van der Waals surface area contributed by atoms with Gasteiger partial charge in [-0.3, -0.25) is 14.4 Å². The predicted octanol–water partition coefficient (Wildman–Crippen LogP) is 5.26. The third kappa shape index (κ3) is 8.20. The molecular formula is C27H35N3O3S. The Kier molecular flexibility index (Phi) is 9.16. The number of carbonyl (C=O) groups is 3. The van der Waals surface area contributed by atoms with Crippen LogP contribution in [0.4, 0.5) is 5.69 Å². The number of rotatable bonds is 8. The molecule has 0 heterocycles. The van der Waals surface area contributed by atoms with E-state index in [0.29, 0.717) is 22.7 Å². The summed E-state index contributed by atoms with van der Waals surface area (Å²) >= 11 is 1.37. The van der Waals surface area contributed by atoms with Crippen molar-refractivity contribution in [2.45, 2.75) is 63.3 Å². The maximum absolute atomic E-state index is 12.9. The molecule has 3 amide bonds. The highest BCUT2D eigenvalue weighted by Crippen LogP contribution is 2.25. The average molecular weight is 482 g/mol. The van der Waals surface area contributed by atoms with Crippen LogP contribution in [0.15, 0.2) is 53.4 Å². The number of hydrogen-bond acceptors (Lipinski definition) is 4. The summed E-state index contributed by atoms with van der Waals surface area (Å²) in [6, 6.07) is 14.1. The Hall–Kier alpha value is -2.80. The fourth-order valence-corrected chi connectivity index (χ4v) is 4.82. The van der Waals surface area contributed by atoms with Gasteiger partial charge in [-0.05, 0) is 75.9 Å². The molecule has 2 aromatic carbocycles. The molecule has 182 valence electrons. The van der Waals surface area contributed by atoms with Crippen LogP contribution in [0, 0.1) is 5.92 Å². The molecule has 34 heavy (non-hydrogen) atoms. The molecule has 1 fully saturated rings. The van der Waals surface area contributed by atoms with E-state index in [9.17, 15) is 14.4 Å². The predicted molar refractivity (Wildman–Crippen MR) is 138 cm³/mol. The quantitative estimate of drug-likeness (QED) is 0.449. The SMILES string of the molecule is CC(C)(C)NC(=O)c1ccc(NC(=O)c2ccccc2SCC(=O)NCC2CCCCC2)cc1. The van der Waals surface area contributed by atoms with Crippen LogP contribution in [0.1, 0.15) is 73.6 Å². The van der Waals surface area contributed by atoms with Crippen molar-refractivity contribution in [2.75, 3.05) is 17.6 Å². The third-order valence-corrected chi connectivity index (χ3v) is 6.77. The van der Waals surface area contributed by atoms with Crippen LogP contribution in [-0.2, 0) is 4.79 Å². The molecule has 0 unspecified atom stereocenters. The van der Waals surface area contributed by atoms with Gasteiger partial charge in [0.05, 0.1) is 11.3 Å². The van der Waals surface area contributed by atoms with Gasteiger partial charge in [-0.15, -0.1) is 11.8 Å². The van der Waals surface area contributed by atoms with Crippen molar-refractivity contribution in [1.29, 1.82) is 0 Å². The fraction of sp³-hybridized carbons (Fsp3) is 0.444. The van der Waals surface area contributed by atoms with Gasteiger partial charge in [-0.25, -0.2) is 0 Å². The molecule has 0 bridgehead atoms. The van der Waals surface area contributed by atoms with Crippen LogP contribution in [0.25, 0.3) is 0 Å². The van der Waals surface area contributed by atoms with Gasteiger partial charge >= 0.3 is 0 Å². The zero-order valence-corrected chi connectivity index (χ0v) is 21.1. The lowest BCUT2D eigenvalue weighted by molar-refractivity contribution is -0.118. The maximum atomic E-state index is 12.9. The highest BCUT2D eigenvalue weighted by molar-refractivity contribution is 8.00. The largest absolute Gasteiger partial charge is 0.355 e. The molecule has 0 spiro atoms. The smallest absolute Gasteiger partial charge is 0.256 e. The number of hydrogen-bond donors (Lipinski definition) is 3. The molecule has 1 aliphatic carbocycles.